The van der Waals surface area contributed by atoms with Crippen molar-refractivity contribution in [1.82, 2.24) is 9.97 Å². The fraction of sp³-hybridized carbons (Fsp3) is 0.250. The number of aryl methyl sites for hydroxylation is 1. The maximum Gasteiger partial charge on any atom is 0.178 e. The van der Waals surface area contributed by atoms with Gasteiger partial charge in [-0.1, -0.05) is 11.6 Å². The summed E-state index contributed by atoms with van der Waals surface area (Å²) in [5.74, 6) is -1.27. The second-order valence-electron chi connectivity index (χ2n) is 6.42. The van der Waals surface area contributed by atoms with E-state index in [0.717, 1.165) is 29.2 Å². The van der Waals surface area contributed by atoms with Crippen LogP contribution in [0.2, 0.25) is 0 Å². The standard InChI is InChI=1S/C20H18ClF2N3O2/c1-11-7-24-17(13(3)27)6-19(11)26-9-15(21)20(4-12(26)2)28-10-18-16(23)5-14(22)8-25-18/h4-8H,9-10H2,1-3H3. The third-order valence-electron chi connectivity index (χ3n) is 4.30. The molecule has 2 aromatic rings. The van der Waals surface area contributed by atoms with E-state index < -0.39 is 11.6 Å². The van der Waals surface area contributed by atoms with Gasteiger partial charge in [0, 0.05) is 36.6 Å². The summed E-state index contributed by atoms with van der Waals surface area (Å²) in [5.41, 5.74) is 2.90. The first-order valence-corrected chi connectivity index (χ1v) is 8.89. The number of ether oxygens (including phenoxy) is 1. The Balaban J connectivity index is 1.80. The first kappa shape index (κ1) is 19.9. The number of carbonyl (C=O) groups excluding carboxylic acids is 1. The third-order valence-corrected chi connectivity index (χ3v) is 4.61. The first-order valence-electron chi connectivity index (χ1n) is 8.51. The second-order valence-corrected chi connectivity index (χ2v) is 6.88. The van der Waals surface area contributed by atoms with Crippen molar-refractivity contribution in [3.63, 3.8) is 0 Å². The minimum Gasteiger partial charge on any atom is -0.486 e. The van der Waals surface area contributed by atoms with Crippen LogP contribution in [0.4, 0.5) is 14.5 Å². The lowest BCUT2D eigenvalue weighted by Crippen LogP contribution is -2.27. The molecular weight excluding hydrogens is 388 g/mol. The molecule has 0 bridgehead atoms. The van der Waals surface area contributed by atoms with E-state index in [9.17, 15) is 13.6 Å². The van der Waals surface area contributed by atoms with Gasteiger partial charge in [0.25, 0.3) is 0 Å². The maximum atomic E-state index is 13.7. The minimum atomic E-state index is -0.779. The molecule has 3 heterocycles. The lowest BCUT2D eigenvalue weighted by atomic mass is 10.1. The van der Waals surface area contributed by atoms with Crippen molar-refractivity contribution in [2.24, 2.45) is 0 Å². The van der Waals surface area contributed by atoms with Gasteiger partial charge in [-0.05, 0) is 25.5 Å². The molecule has 1 aliphatic heterocycles. The molecule has 0 amide bonds. The van der Waals surface area contributed by atoms with Crippen LogP contribution >= 0.6 is 11.6 Å². The van der Waals surface area contributed by atoms with Crippen molar-refractivity contribution in [3.05, 3.63) is 75.7 Å². The highest BCUT2D eigenvalue weighted by atomic mass is 35.5. The van der Waals surface area contributed by atoms with Crippen LogP contribution < -0.4 is 4.90 Å². The molecule has 146 valence electrons. The summed E-state index contributed by atoms with van der Waals surface area (Å²) in [5, 5.41) is 0.411. The van der Waals surface area contributed by atoms with Gasteiger partial charge in [0.15, 0.2) is 11.6 Å². The Morgan fingerprint density at radius 1 is 1.25 bits per heavy atom. The number of Topliss-reactive ketones (excluding diaryl/α,β-unsaturated/α-hetero) is 1. The molecule has 0 aliphatic carbocycles. The molecule has 0 spiro atoms. The predicted molar refractivity (Wildman–Crippen MR) is 102 cm³/mol. The molecule has 0 radical (unpaired) electrons. The second kappa shape index (κ2) is 8.06. The van der Waals surface area contributed by atoms with Crippen molar-refractivity contribution in [2.45, 2.75) is 27.4 Å². The highest BCUT2D eigenvalue weighted by molar-refractivity contribution is 6.30. The van der Waals surface area contributed by atoms with E-state index in [0.29, 0.717) is 23.0 Å². The van der Waals surface area contributed by atoms with Crippen molar-refractivity contribution >= 4 is 23.1 Å². The molecule has 3 rings (SSSR count). The number of hydrogen-bond acceptors (Lipinski definition) is 5. The lowest BCUT2D eigenvalue weighted by Gasteiger charge is -2.31. The average molecular weight is 406 g/mol. The lowest BCUT2D eigenvalue weighted by molar-refractivity contribution is 0.101. The van der Waals surface area contributed by atoms with E-state index in [1.54, 1.807) is 18.3 Å². The highest BCUT2D eigenvalue weighted by Gasteiger charge is 2.22. The Bertz CT molecular complexity index is 1000. The number of carbonyl (C=O) groups is 1. The van der Waals surface area contributed by atoms with E-state index in [-0.39, 0.29) is 18.1 Å². The van der Waals surface area contributed by atoms with Crippen molar-refractivity contribution in [3.8, 4) is 0 Å². The van der Waals surface area contributed by atoms with Crippen LogP contribution in [-0.2, 0) is 11.3 Å². The Labute approximate surface area is 166 Å². The molecule has 8 heteroatoms. The number of nitrogens with zero attached hydrogens (tertiary/aromatic N) is 3. The van der Waals surface area contributed by atoms with Gasteiger partial charge in [0.2, 0.25) is 0 Å². The quantitative estimate of drug-likeness (QED) is 0.677. The number of ketones is 1. The number of rotatable bonds is 5. The van der Waals surface area contributed by atoms with Crippen LogP contribution in [0.15, 0.2) is 47.1 Å². The smallest absolute Gasteiger partial charge is 0.178 e. The van der Waals surface area contributed by atoms with Gasteiger partial charge >= 0.3 is 0 Å². The van der Waals surface area contributed by atoms with Gasteiger partial charge in [-0.15, -0.1) is 0 Å². The van der Waals surface area contributed by atoms with Crippen molar-refractivity contribution in [1.29, 1.82) is 0 Å². The van der Waals surface area contributed by atoms with E-state index in [1.165, 1.54) is 6.92 Å². The summed E-state index contributed by atoms with van der Waals surface area (Å²) >= 11 is 6.39. The molecule has 0 saturated heterocycles. The number of aromatic nitrogens is 2. The average Bonchev–Trinajstić information content (AvgIpc) is 2.63. The molecule has 0 atom stereocenters. The Hall–Kier alpha value is -2.80. The van der Waals surface area contributed by atoms with E-state index >= 15 is 0 Å². The first-order chi connectivity index (χ1) is 13.3. The number of anilines is 1. The minimum absolute atomic E-state index is 0.0112. The van der Waals surface area contributed by atoms with Crippen LogP contribution in [0.1, 0.15) is 35.6 Å². The molecule has 28 heavy (non-hydrogen) atoms. The van der Waals surface area contributed by atoms with Gasteiger partial charge in [-0.25, -0.2) is 8.78 Å². The van der Waals surface area contributed by atoms with Gasteiger partial charge in [0.1, 0.15) is 29.6 Å². The molecular formula is C20H18ClF2N3O2. The van der Waals surface area contributed by atoms with Crippen LogP contribution in [0.3, 0.4) is 0 Å². The van der Waals surface area contributed by atoms with E-state index in [1.807, 2.05) is 18.7 Å². The Morgan fingerprint density at radius 3 is 2.68 bits per heavy atom. The number of pyridine rings is 2. The third kappa shape index (κ3) is 4.20. The van der Waals surface area contributed by atoms with Crippen LogP contribution in [0.5, 0.6) is 0 Å². The molecule has 0 fully saturated rings. The summed E-state index contributed by atoms with van der Waals surface area (Å²) in [6.07, 6.45) is 4.30. The summed E-state index contributed by atoms with van der Waals surface area (Å²) in [4.78, 5) is 21.4. The predicted octanol–water partition coefficient (Wildman–Crippen LogP) is 4.66. The molecule has 5 nitrogen and oxygen atoms in total. The summed E-state index contributed by atoms with van der Waals surface area (Å²) < 4.78 is 32.3. The van der Waals surface area contributed by atoms with Crippen LogP contribution in [-0.4, -0.2) is 22.3 Å². The summed E-state index contributed by atoms with van der Waals surface area (Å²) in [6, 6.07) is 2.48. The molecule has 0 aromatic carbocycles. The van der Waals surface area contributed by atoms with Crippen LogP contribution in [0, 0.1) is 18.6 Å². The zero-order chi connectivity index (χ0) is 20.4. The van der Waals surface area contributed by atoms with Gasteiger partial charge < -0.3 is 9.64 Å². The largest absolute Gasteiger partial charge is 0.486 e. The van der Waals surface area contributed by atoms with Gasteiger partial charge in [-0.3, -0.25) is 14.8 Å². The van der Waals surface area contributed by atoms with Crippen molar-refractivity contribution < 1.29 is 18.3 Å². The van der Waals surface area contributed by atoms with Crippen molar-refractivity contribution in [2.75, 3.05) is 11.4 Å². The molecule has 0 N–H and O–H groups in total. The molecule has 0 saturated carbocycles. The maximum absolute atomic E-state index is 13.7. The number of allylic oxidation sites excluding steroid dienone is 2. The van der Waals surface area contributed by atoms with E-state index in [4.69, 9.17) is 16.3 Å². The highest BCUT2D eigenvalue weighted by Crippen LogP contribution is 2.31. The Kier molecular flexibility index (Phi) is 5.74. The molecule has 1 aliphatic rings. The van der Waals surface area contributed by atoms with Crippen LogP contribution in [0.25, 0.3) is 0 Å². The van der Waals surface area contributed by atoms with Gasteiger partial charge in [0.05, 0.1) is 17.8 Å². The zero-order valence-electron chi connectivity index (χ0n) is 15.6. The number of halogens is 3. The van der Waals surface area contributed by atoms with E-state index in [2.05, 4.69) is 9.97 Å². The van der Waals surface area contributed by atoms with Gasteiger partial charge in [-0.2, -0.15) is 0 Å². The zero-order valence-corrected chi connectivity index (χ0v) is 16.3. The summed E-state index contributed by atoms with van der Waals surface area (Å²) in [6.45, 7) is 5.37. The number of hydrogen-bond donors (Lipinski definition) is 0. The monoisotopic (exact) mass is 405 g/mol. The molecule has 0 unspecified atom stereocenters. The fourth-order valence-electron chi connectivity index (χ4n) is 2.77. The Morgan fingerprint density at radius 2 is 2.00 bits per heavy atom. The summed E-state index contributed by atoms with van der Waals surface area (Å²) in [7, 11) is 0. The fourth-order valence-corrected chi connectivity index (χ4v) is 3.00. The normalized spacial score (nSPS) is 14.2. The molecule has 2 aromatic heterocycles. The topological polar surface area (TPSA) is 55.3 Å². The SMILES string of the molecule is CC(=O)c1cc(N2CC(Cl)=C(OCc3ncc(F)cc3F)C=C2C)c(C)cn1.